The van der Waals surface area contributed by atoms with Gasteiger partial charge in [0.1, 0.15) is 11.5 Å². The van der Waals surface area contributed by atoms with Gasteiger partial charge in [0.05, 0.1) is 12.1 Å². The molecule has 100 valence electrons. The first-order chi connectivity index (χ1) is 9.10. The van der Waals surface area contributed by atoms with Crippen molar-refractivity contribution in [2.45, 2.75) is 13.5 Å². The lowest BCUT2D eigenvalue weighted by molar-refractivity contribution is 0.415. The molecule has 0 atom stereocenters. The molecule has 3 nitrogen and oxygen atoms in total. The number of anilines is 1. The highest BCUT2D eigenvalue weighted by Gasteiger charge is 2.02. The fourth-order valence-electron chi connectivity index (χ4n) is 1.74. The van der Waals surface area contributed by atoms with E-state index in [1.165, 1.54) is 0 Å². The van der Waals surface area contributed by atoms with E-state index in [-0.39, 0.29) is 5.75 Å². The van der Waals surface area contributed by atoms with Crippen LogP contribution in [0.15, 0.2) is 36.4 Å². The number of aryl methyl sites for hydroxylation is 1. The van der Waals surface area contributed by atoms with Gasteiger partial charge in [-0.1, -0.05) is 23.7 Å². The summed E-state index contributed by atoms with van der Waals surface area (Å²) in [6, 6.07) is 11.2. The van der Waals surface area contributed by atoms with Crippen LogP contribution in [0.1, 0.15) is 11.1 Å². The van der Waals surface area contributed by atoms with Crippen molar-refractivity contribution < 1.29 is 9.84 Å². The van der Waals surface area contributed by atoms with E-state index in [0.717, 1.165) is 16.8 Å². The second-order valence-electron chi connectivity index (χ2n) is 4.32. The van der Waals surface area contributed by atoms with Gasteiger partial charge in [-0.05, 0) is 36.2 Å². The lowest BCUT2D eigenvalue weighted by Crippen LogP contribution is -1.99. The van der Waals surface area contributed by atoms with Gasteiger partial charge in [0, 0.05) is 18.3 Å². The summed E-state index contributed by atoms with van der Waals surface area (Å²) >= 11 is 6.06. The minimum Gasteiger partial charge on any atom is -0.508 e. The molecule has 0 radical (unpaired) electrons. The highest BCUT2D eigenvalue weighted by atomic mass is 35.5. The minimum atomic E-state index is 0.290. The summed E-state index contributed by atoms with van der Waals surface area (Å²) in [6.07, 6.45) is 0. The quantitative estimate of drug-likeness (QED) is 0.888. The van der Waals surface area contributed by atoms with E-state index < -0.39 is 0 Å². The van der Waals surface area contributed by atoms with Crippen molar-refractivity contribution >= 4 is 17.3 Å². The number of phenolic OH excluding ortho intramolecular Hbond substituents is 1. The number of benzene rings is 2. The van der Waals surface area contributed by atoms with Crippen LogP contribution in [0.2, 0.25) is 5.02 Å². The Morgan fingerprint density at radius 2 is 2.00 bits per heavy atom. The highest BCUT2D eigenvalue weighted by Crippen LogP contribution is 2.26. The van der Waals surface area contributed by atoms with Crippen LogP contribution in [0.4, 0.5) is 5.69 Å². The van der Waals surface area contributed by atoms with Crippen LogP contribution in [0.3, 0.4) is 0 Å². The van der Waals surface area contributed by atoms with Crippen LogP contribution < -0.4 is 10.1 Å². The molecule has 0 spiro atoms. The van der Waals surface area contributed by atoms with Gasteiger partial charge in [-0.25, -0.2) is 0 Å². The molecule has 0 heterocycles. The summed E-state index contributed by atoms with van der Waals surface area (Å²) in [5, 5.41) is 13.5. The second-order valence-corrected chi connectivity index (χ2v) is 4.73. The van der Waals surface area contributed by atoms with Crippen LogP contribution in [0.25, 0.3) is 0 Å². The molecular formula is C15H16ClNO2. The summed E-state index contributed by atoms with van der Waals surface area (Å²) < 4.78 is 5.11. The Morgan fingerprint density at radius 3 is 2.63 bits per heavy atom. The molecule has 0 bridgehead atoms. The molecule has 0 amide bonds. The van der Waals surface area contributed by atoms with E-state index in [9.17, 15) is 5.11 Å². The molecule has 2 N–H and O–H groups in total. The van der Waals surface area contributed by atoms with Gasteiger partial charge in [-0.3, -0.25) is 0 Å². The number of phenols is 1. The number of nitrogens with one attached hydrogen (secondary N) is 1. The van der Waals surface area contributed by atoms with Gasteiger partial charge >= 0.3 is 0 Å². The van der Waals surface area contributed by atoms with E-state index in [2.05, 4.69) is 5.32 Å². The predicted octanol–water partition coefficient (Wildman–Crippen LogP) is 3.97. The molecule has 0 aliphatic heterocycles. The van der Waals surface area contributed by atoms with E-state index in [4.69, 9.17) is 16.3 Å². The Morgan fingerprint density at radius 1 is 1.21 bits per heavy atom. The largest absolute Gasteiger partial charge is 0.508 e. The number of methoxy groups -OCH3 is 1. The minimum absolute atomic E-state index is 0.290. The lowest BCUT2D eigenvalue weighted by atomic mass is 10.2. The molecule has 2 aromatic rings. The number of rotatable bonds is 4. The fourth-order valence-corrected chi connectivity index (χ4v) is 2.02. The monoisotopic (exact) mass is 277 g/mol. The molecule has 0 saturated carbocycles. The number of hydrogen-bond acceptors (Lipinski definition) is 3. The smallest absolute Gasteiger partial charge is 0.137 e. The first kappa shape index (κ1) is 13.6. The average molecular weight is 278 g/mol. The summed E-state index contributed by atoms with van der Waals surface area (Å²) in [5.74, 6) is 0.955. The van der Waals surface area contributed by atoms with Crippen molar-refractivity contribution in [3.63, 3.8) is 0 Å². The molecule has 4 heteroatoms. The Bertz CT molecular complexity index is 584. The zero-order valence-corrected chi connectivity index (χ0v) is 11.7. The molecule has 0 fully saturated rings. The van der Waals surface area contributed by atoms with Crippen molar-refractivity contribution in [1.29, 1.82) is 0 Å². The third-order valence-electron chi connectivity index (χ3n) is 2.92. The fraction of sp³-hybridized carbons (Fsp3) is 0.200. The van der Waals surface area contributed by atoms with Crippen molar-refractivity contribution in [1.82, 2.24) is 0 Å². The van der Waals surface area contributed by atoms with Gasteiger partial charge in [0.15, 0.2) is 0 Å². The SMILES string of the molecule is COc1ccc(CNc2ccc(C)c(O)c2)cc1Cl. The Balaban J connectivity index is 2.05. The third kappa shape index (κ3) is 3.32. The van der Waals surface area contributed by atoms with Crippen molar-refractivity contribution in [3.05, 3.63) is 52.5 Å². The van der Waals surface area contributed by atoms with E-state index in [1.54, 1.807) is 13.2 Å². The normalized spacial score (nSPS) is 10.3. The number of ether oxygens (including phenoxy) is 1. The van der Waals surface area contributed by atoms with Crippen LogP contribution in [0, 0.1) is 6.92 Å². The van der Waals surface area contributed by atoms with Crippen LogP contribution in [-0.2, 0) is 6.54 Å². The summed E-state index contributed by atoms with van der Waals surface area (Å²) in [4.78, 5) is 0. The molecular weight excluding hydrogens is 262 g/mol. The molecule has 0 saturated heterocycles. The molecule has 0 aliphatic rings. The molecule has 2 rings (SSSR count). The maximum atomic E-state index is 9.63. The zero-order chi connectivity index (χ0) is 13.8. The molecule has 19 heavy (non-hydrogen) atoms. The van der Waals surface area contributed by atoms with Crippen molar-refractivity contribution in [2.24, 2.45) is 0 Å². The standard InChI is InChI=1S/C15H16ClNO2/c1-10-3-5-12(8-14(10)18)17-9-11-4-6-15(19-2)13(16)7-11/h3-8,17-18H,9H2,1-2H3. The van der Waals surface area contributed by atoms with E-state index >= 15 is 0 Å². The number of hydrogen-bond donors (Lipinski definition) is 2. The lowest BCUT2D eigenvalue weighted by Gasteiger charge is -2.09. The van der Waals surface area contributed by atoms with Crippen molar-refractivity contribution in [3.8, 4) is 11.5 Å². The van der Waals surface area contributed by atoms with E-state index in [0.29, 0.717) is 17.3 Å². The molecule has 0 aromatic heterocycles. The Hall–Kier alpha value is -1.87. The van der Waals surface area contributed by atoms with Crippen LogP contribution in [-0.4, -0.2) is 12.2 Å². The number of halogens is 1. The van der Waals surface area contributed by atoms with Crippen molar-refractivity contribution in [2.75, 3.05) is 12.4 Å². The molecule has 0 aliphatic carbocycles. The van der Waals surface area contributed by atoms with Gasteiger partial charge in [0.2, 0.25) is 0 Å². The van der Waals surface area contributed by atoms with Crippen LogP contribution >= 0.6 is 11.6 Å². The van der Waals surface area contributed by atoms with Gasteiger partial charge in [-0.15, -0.1) is 0 Å². The predicted molar refractivity (Wildman–Crippen MR) is 78.2 cm³/mol. The average Bonchev–Trinajstić information content (AvgIpc) is 2.40. The Labute approximate surface area is 117 Å². The van der Waals surface area contributed by atoms with Gasteiger partial charge < -0.3 is 15.2 Å². The summed E-state index contributed by atoms with van der Waals surface area (Å²) in [7, 11) is 1.59. The van der Waals surface area contributed by atoms with Crippen LogP contribution in [0.5, 0.6) is 11.5 Å². The maximum absolute atomic E-state index is 9.63. The molecule has 0 unspecified atom stereocenters. The van der Waals surface area contributed by atoms with Gasteiger partial charge in [0.25, 0.3) is 0 Å². The zero-order valence-electron chi connectivity index (χ0n) is 10.9. The van der Waals surface area contributed by atoms with E-state index in [1.807, 2.05) is 37.3 Å². The third-order valence-corrected chi connectivity index (χ3v) is 3.22. The Kier molecular flexibility index (Phi) is 4.17. The highest BCUT2D eigenvalue weighted by molar-refractivity contribution is 6.32. The molecule has 2 aromatic carbocycles. The maximum Gasteiger partial charge on any atom is 0.137 e. The summed E-state index contributed by atoms with van der Waals surface area (Å²) in [6.45, 7) is 2.49. The topological polar surface area (TPSA) is 41.5 Å². The first-order valence-corrected chi connectivity index (χ1v) is 6.34. The second kappa shape index (κ2) is 5.85. The number of aromatic hydroxyl groups is 1. The van der Waals surface area contributed by atoms with Gasteiger partial charge in [-0.2, -0.15) is 0 Å². The summed E-state index contributed by atoms with van der Waals surface area (Å²) in [5.41, 5.74) is 2.78. The first-order valence-electron chi connectivity index (χ1n) is 5.96.